The van der Waals surface area contributed by atoms with Crippen LogP contribution in [0.2, 0.25) is 0 Å². The fourth-order valence-electron chi connectivity index (χ4n) is 3.06. The quantitative estimate of drug-likeness (QED) is 0.806. The number of aromatic nitrogens is 2. The summed E-state index contributed by atoms with van der Waals surface area (Å²) < 4.78 is 25.4. The van der Waals surface area contributed by atoms with Crippen molar-refractivity contribution in [3.63, 3.8) is 0 Å². The fraction of sp³-hybridized carbons (Fsp3) is 0.667. The van der Waals surface area contributed by atoms with Crippen LogP contribution >= 0.6 is 0 Å². The maximum atomic E-state index is 12.4. The number of alkyl halides is 2. The van der Waals surface area contributed by atoms with Gasteiger partial charge >= 0.3 is 6.55 Å². The first-order valence-electron chi connectivity index (χ1n) is 6.39. The van der Waals surface area contributed by atoms with E-state index < -0.39 is 6.55 Å². The van der Waals surface area contributed by atoms with Crippen LogP contribution in [-0.2, 0) is 0 Å². The Balaban J connectivity index is 1.71. The number of nitrogens with zero attached hydrogens (tertiary/aromatic N) is 4. The molecule has 104 valence electrons. The third-order valence-corrected chi connectivity index (χ3v) is 4.14. The molecule has 0 bridgehead atoms. The van der Waals surface area contributed by atoms with Gasteiger partial charge in [0.25, 0.3) is 5.91 Å². The molecule has 1 aromatic heterocycles. The Bertz CT molecular complexity index is 490. The molecule has 0 N–H and O–H groups in total. The molecule has 0 radical (unpaired) electrons. The van der Waals surface area contributed by atoms with Crippen molar-refractivity contribution in [1.82, 2.24) is 19.6 Å². The third-order valence-electron chi connectivity index (χ3n) is 4.14. The third kappa shape index (κ3) is 2.11. The maximum absolute atomic E-state index is 12.4. The Labute approximate surface area is 109 Å². The SMILES string of the molecule is CN1CC[C@@H]2CN(C(=O)c3ccn(C(F)F)n3)C[C@@H]21. The van der Waals surface area contributed by atoms with Crippen LogP contribution in [0.25, 0.3) is 0 Å². The van der Waals surface area contributed by atoms with Crippen molar-refractivity contribution in [3.8, 4) is 0 Å². The van der Waals surface area contributed by atoms with Crippen LogP contribution < -0.4 is 0 Å². The van der Waals surface area contributed by atoms with E-state index in [1.165, 1.54) is 6.07 Å². The van der Waals surface area contributed by atoms with Crippen LogP contribution in [0.15, 0.2) is 12.3 Å². The standard InChI is InChI=1S/C12H16F2N4O/c1-16-4-2-8-6-17(7-10(8)16)11(19)9-3-5-18(15-9)12(13)14/h3,5,8,10,12H,2,4,6-7H2,1H3/t8-,10+/m1/s1. The van der Waals surface area contributed by atoms with Gasteiger partial charge in [0.15, 0.2) is 5.69 Å². The lowest BCUT2D eigenvalue weighted by atomic mass is 10.1. The summed E-state index contributed by atoms with van der Waals surface area (Å²) in [6.45, 7) is -0.264. The van der Waals surface area contributed by atoms with Gasteiger partial charge in [-0.25, -0.2) is 4.68 Å². The number of fused-ring (bicyclic) bond motifs is 1. The number of hydrogen-bond donors (Lipinski definition) is 0. The zero-order valence-corrected chi connectivity index (χ0v) is 10.7. The molecule has 19 heavy (non-hydrogen) atoms. The Hall–Kier alpha value is -1.50. The monoisotopic (exact) mass is 270 g/mol. The predicted octanol–water partition coefficient (Wildman–Crippen LogP) is 1.05. The van der Waals surface area contributed by atoms with Gasteiger partial charge in [0.2, 0.25) is 0 Å². The van der Waals surface area contributed by atoms with E-state index in [9.17, 15) is 13.6 Å². The first-order valence-corrected chi connectivity index (χ1v) is 6.39. The second-order valence-corrected chi connectivity index (χ2v) is 5.27. The molecule has 2 fully saturated rings. The minimum Gasteiger partial charge on any atom is -0.335 e. The number of rotatable bonds is 2. The molecule has 1 amide bonds. The van der Waals surface area contributed by atoms with Crippen LogP contribution in [0.3, 0.4) is 0 Å². The minimum atomic E-state index is -2.70. The topological polar surface area (TPSA) is 41.4 Å². The van der Waals surface area contributed by atoms with E-state index in [0.29, 0.717) is 29.7 Å². The first-order chi connectivity index (χ1) is 9.06. The fourth-order valence-corrected chi connectivity index (χ4v) is 3.06. The van der Waals surface area contributed by atoms with Crippen LogP contribution in [0.5, 0.6) is 0 Å². The van der Waals surface area contributed by atoms with Crippen LogP contribution in [0.1, 0.15) is 23.5 Å². The number of amides is 1. The minimum absolute atomic E-state index is 0.0999. The van der Waals surface area contributed by atoms with Gasteiger partial charge in [-0.1, -0.05) is 0 Å². The second kappa shape index (κ2) is 4.56. The number of carbonyl (C=O) groups is 1. The lowest BCUT2D eigenvalue weighted by molar-refractivity contribution is 0.0552. The van der Waals surface area contributed by atoms with Gasteiger partial charge in [0, 0.05) is 25.3 Å². The summed E-state index contributed by atoms with van der Waals surface area (Å²) in [6.07, 6.45) is 2.23. The van der Waals surface area contributed by atoms with E-state index in [2.05, 4.69) is 17.0 Å². The van der Waals surface area contributed by atoms with Gasteiger partial charge in [-0.15, -0.1) is 0 Å². The summed E-state index contributed by atoms with van der Waals surface area (Å²) in [6, 6.07) is 1.76. The molecule has 0 aromatic carbocycles. The van der Waals surface area contributed by atoms with E-state index in [-0.39, 0.29) is 11.6 Å². The van der Waals surface area contributed by atoms with E-state index in [1.54, 1.807) is 4.90 Å². The van der Waals surface area contributed by atoms with Gasteiger partial charge in [-0.2, -0.15) is 13.9 Å². The molecule has 0 spiro atoms. The smallest absolute Gasteiger partial charge is 0.333 e. The van der Waals surface area contributed by atoms with E-state index in [0.717, 1.165) is 19.2 Å². The van der Waals surface area contributed by atoms with Crippen LogP contribution in [0, 0.1) is 5.92 Å². The van der Waals surface area contributed by atoms with Crippen molar-refractivity contribution in [2.45, 2.75) is 19.0 Å². The van der Waals surface area contributed by atoms with E-state index >= 15 is 0 Å². The van der Waals surface area contributed by atoms with Crippen molar-refractivity contribution in [2.75, 3.05) is 26.7 Å². The lowest BCUT2D eigenvalue weighted by Crippen LogP contribution is -2.35. The molecule has 2 atom stereocenters. The van der Waals surface area contributed by atoms with Gasteiger partial charge in [0.1, 0.15) is 0 Å². The molecule has 3 heterocycles. The number of hydrogen-bond acceptors (Lipinski definition) is 3. The Kier molecular flexibility index (Phi) is 3.00. The zero-order chi connectivity index (χ0) is 13.6. The molecule has 5 nitrogen and oxygen atoms in total. The van der Waals surface area contributed by atoms with E-state index in [4.69, 9.17) is 0 Å². The lowest BCUT2D eigenvalue weighted by Gasteiger charge is -2.20. The molecule has 0 aliphatic carbocycles. The summed E-state index contributed by atoms with van der Waals surface area (Å²) in [5.74, 6) is 0.258. The summed E-state index contributed by atoms with van der Waals surface area (Å²) in [7, 11) is 2.06. The van der Waals surface area contributed by atoms with Crippen LogP contribution in [-0.4, -0.2) is 58.2 Å². The molecule has 2 aliphatic rings. The Morgan fingerprint density at radius 3 is 2.89 bits per heavy atom. The summed E-state index contributed by atoms with van der Waals surface area (Å²) in [4.78, 5) is 16.2. The normalized spacial score (nSPS) is 27.3. The highest BCUT2D eigenvalue weighted by atomic mass is 19.3. The van der Waals surface area contributed by atoms with Gasteiger partial charge in [-0.3, -0.25) is 4.79 Å². The second-order valence-electron chi connectivity index (χ2n) is 5.27. The maximum Gasteiger partial charge on any atom is 0.333 e. The number of likely N-dealkylation sites (tertiary alicyclic amines) is 2. The summed E-state index contributed by atoms with van der Waals surface area (Å²) >= 11 is 0. The average Bonchev–Trinajstić information content (AvgIpc) is 3.05. The van der Waals surface area contributed by atoms with Gasteiger partial charge in [-0.05, 0) is 32.0 Å². The number of carbonyl (C=O) groups excluding carboxylic acids is 1. The molecule has 7 heteroatoms. The van der Waals surface area contributed by atoms with Crippen molar-refractivity contribution in [1.29, 1.82) is 0 Å². The van der Waals surface area contributed by atoms with Gasteiger partial charge in [0.05, 0.1) is 0 Å². The highest BCUT2D eigenvalue weighted by Gasteiger charge is 2.41. The predicted molar refractivity (Wildman–Crippen MR) is 63.9 cm³/mol. The molecular weight excluding hydrogens is 254 g/mol. The molecule has 0 saturated carbocycles. The largest absolute Gasteiger partial charge is 0.335 e. The Morgan fingerprint density at radius 1 is 1.47 bits per heavy atom. The number of halogens is 2. The van der Waals surface area contributed by atoms with Crippen molar-refractivity contribution >= 4 is 5.91 Å². The Morgan fingerprint density at radius 2 is 2.26 bits per heavy atom. The van der Waals surface area contributed by atoms with Crippen molar-refractivity contribution in [2.24, 2.45) is 5.92 Å². The van der Waals surface area contributed by atoms with Gasteiger partial charge < -0.3 is 9.80 Å². The zero-order valence-electron chi connectivity index (χ0n) is 10.7. The van der Waals surface area contributed by atoms with Crippen molar-refractivity contribution in [3.05, 3.63) is 18.0 Å². The van der Waals surface area contributed by atoms with Crippen LogP contribution in [0.4, 0.5) is 8.78 Å². The first kappa shape index (κ1) is 12.5. The molecule has 2 saturated heterocycles. The molecule has 2 aliphatic heterocycles. The molecule has 0 unspecified atom stereocenters. The average molecular weight is 270 g/mol. The highest BCUT2D eigenvalue weighted by Crippen LogP contribution is 2.30. The summed E-state index contributed by atoms with van der Waals surface area (Å²) in [5, 5.41) is 3.63. The van der Waals surface area contributed by atoms with Crippen molar-refractivity contribution < 1.29 is 13.6 Å². The molecule has 1 aromatic rings. The number of likely N-dealkylation sites (N-methyl/N-ethyl adjacent to an activating group) is 1. The summed E-state index contributed by atoms with van der Waals surface area (Å²) in [5.41, 5.74) is 0.0999. The van der Waals surface area contributed by atoms with E-state index in [1.807, 2.05) is 0 Å². The molecule has 3 rings (SSSR count). The molecular formula is C12H16F2N4O. The highest BCUT2D eigenvalue weighted by molar-refractivity contribution is 5.92.